The summed E-state index contributed by atoms with van der Waals surface area (Å²) in [6.07, 6.45) is 1.79. The summed E-state index contributed by atoms with van der Waals surface area (Å²) >= 11 is 7.48. The third-order valence-electron chi connectivity index (χ3n) is 2.83. The van der Waals surface area contributed by atoms with Gasteiger partial charge in [-0.2, -0.15) is 0 Å². The molecule has 0 radical (unpaired) electrons. The topological polar surface area (TPSA) is 29.4 Å². The third kappa shape index (κ3) is 2.69. The maximum absolute atomic E-state index is 12.0. The van der Waals surface area contributed by atoms with Crippen LogP contribution in [-0.4, -0.2) is 11.0 Å². The van der Waals surface area contributed by atoms with Gasteiger partial charge >= 0.3 is 0 Å². The zero-order chi connectivity index (χ0) is 13.9. The number of thioether (sulfide) groups is 1. The second kappa shape index (κ2) is 5.65. The minimum Gasteiger partial charge on any atom is -0.266 e. The van der Waals surface area contributed by atoms with Crippen LogP contribution in [0, 0.1) is 0 Å². The van der Waals surface area contributed by atoms with Crippen molar-refractivity contribution < 1.29 is 4.79 Å². The van der Waals surface area contributed by atoms with Gasteiger partial charge in [0, 0.05) is 10.6 Å². The van der Waals surface area contributed by atoms with E-state index in [4.69, 9.17) is 11.6 Å². The lowest BCUT2D eigenvalue weighted by Crippen LogP contribution is -1.89. The molecule has 0 saturated carbocycles. The van der Waals surface area contributed by atoms with E-state index in [1.807, 2.05) is 48.5 Å². The van der Waals surface area contributed by atoms with Gasteiger partial charge in [0.1, 0.15) is 5.04 Å². The van der Waals surface area contributed by atoms with E-state index in [2.05, 4.69) is 4.99 Å². The number of benzene rings is 2. The molecule has 0 unspecified atom stereocenters. The SMILES string of the molecule is O=C1N=C(c2ccccc2)S/C1=C\c1ccccc1Cl. The second-order valence-electron chi connectivity index (χ2n) is 4.22. The highest BCUT2D eigenvalue weighted by Crippen LogP contribution is 2.32. The molecular formula is C16H10ClNOS. The van der Waals surface area contributed by atoms with Crippen LogP contribution in [0.4, 0.5) is 0 Å². The molecule has 0 N–H and O–H groups in total. The zero-order valence-corrected chi connectivity index (χ0v) is 12.0. The van der Waals surface area contributed by atoms with Gasteiger partial charge in [0.2, 0.25) is 0 Å². The molecule has 0 saturated heterocycles. The van der Waals surface area contributed by atoms with Gasteiger partial charge in [-0.25, -0.2) is 4.99 Å². The normalized spacial score (nSPS) is 16.6. The average molecular weight is 300 g/mol. The van der Waals surface area contributed by atoms with Gasteiger partial charge < -0.3 is 0 Å². The Morgan fingerprint density at radius 3 is 2.45 bits per heavy atom. The summed E-state index contributed by atoms with van der Waals surface area (Å²) in [7, 11) is 0. The Labute approximate surface area is 126 Å². The quantitative estimate of drug-likeness (QED) is 0.769. The lowest BCUT2D eigenvalue weighted by molar-refractivity contribution is -0.113. The molecule has 0 atom stereocenters. The predicted molar refractivity (Wildman–Crippen MR) is 85.0 cm³/mol. The fourth-order valence-corrected chi connectivity index (χ4v) is 2.95. The largest absolute Gasteiger partial charge is 0.284 e. The van der Waals surface area contributed by atoms with Crippen LogP contribution in [0.25, 0.3) is 6.08 Å². The van der Waals surface area contributed by atoms with E-state index in [0.717, 1.165) is 16.2 Å². The van der Waals surface area contributed by atoms with Crippen LogP contribution in [0.5, 0.6) is 0 Å². The van der Waals surface area contributed by atoms with Crippen LogP contribution in [0.2, 0.25) is 5.02 Å². The molecule has 4 heteroatoms. The molecule has 2 aromatic carbocycles. The van der Waals surface area contributed by atoms with Crippen LogP contribution in [0.1, 0.15) is 11.1 Å². The summed E-state index contributed by atoms with van der Waals surface area (Å²) < 4.78 is 0. The number of nitrogens with zero attached hydrogens (tertiary/aromatic N) is 1. The van der Waals surface area contributed by atoms with Gasteiger partial charge in [0.25, 0.3) is 5.91 Å². The number of halogens is 1. The number of hydrogen-bond donors (Lipinski definition) is 0. The van der Waals surface area contributed by atoms with Gasteiger partial charge in [-0.15, -0.1) is 0 Å². The van der Waals surface area contributed by atoms with Crippen molar-refractivity contribution in [3.8, 4) is 0 Å². The Kier molecular flexibility index (Phi) is 3.72. The molecule has 0 bridgehead atoms. The van der Waals surface area contributed by atoms with Crippen molar-refractivity contribution in [3.63, 3.8) is 0 Å². The maximum Gasteiger partial charge on any atom is 0.284 e. The lowest BCUT2D eigenvalue weighted by Gasteiger charge is -2.00. The van der Waals surface area contributed by atoms with Crippen molar-refractivity contribution in [3.05, 3.63) is 75.7 Å². The molecule has 1 heterocycles. The zero-order valence-electron chi connectivity index (χ0n) is 10.4. The number of carbonyl (C=O) groups is 1. The van der Waals surface area contributed by atoms with Gasteiger partial charge in [0.05, 0.1) is 4.91 Å². The Morgan fingerprint density at radius 2 is 1.70 bits per heavy atom. The number of hydrogen-bond acceptors (Lipinski definition) is 2. The molecule has 0 spiro atoms. The molecule has 3 rings (SSSR count). The fourth-order valence-electron chi connectivity index (χ4n) is 1.85. The predicted octanol–water partition coefficient (Wildman–Crippen LogP) is 4.40. The molecule has 2 nitrogen and oxygen atoms in total. The van der Waals surface area contributed by atoms with E-state index in [-0.39, 0.29) is 5.91 Å². The average Bonchev–Trinajstić information content (AvgIpc) is 2.84. The van der Waals surface area contributed by atoms with E-state index >= 15 is 0 Å². The summed E-state index contributed by atoms with van der Waals surface area (Å²) in [5.41, 5.74) is 1.78. The second-order valence-corrected chi connectivity index (χ2v) is 5.66. The summed E-state index contributed by atoms with van der Waals surface area (Å²) in [5, 5.41) is 1.36. The van der Waals surface area contributed by atoms with Crippen molar-refractivity contribution in [2.24, 2.45) is 4.99 Å². The Hall–Kier alpha value is -1.84. The fraction of sp³-hybridized carbons (Fsp3) is 0. The first kappa shape index (κ1) is 13.2. The lowest BCUT2D eigenvalue weighted by atomic mass is 10.2. The highest BCUT2D eigenvalue weighted by atomic mass is 35.5. The summed E-state index contributed by atoms with van der Waals surface area (Å²) in [4.78, 5) is 16.6. The minimum absolute atomic E-state index is 0.214. The molecular weight excluding hydrogens is 290 g/mol. The van der Waals surface area contributed by atoms with E-state index in [0.29, 0.717) is 9.93 Å². The van der Waals surface area contributed by atoms with Crippen molar-refractivity contribution in [2.45, 2.75) is 0 Å². The van der Waals surface area contributed by atoms with Crippen LogP contribution in [0.15, 0.2) is 64.5 Å². The van der Waals surface area contributed by atoms with Crippen molar-refractivity contribution in [1.82, 2.24) is 0 Å². The Bertz CT molecular complexity index is 722. The van der Waals surface area contributed by atoms with Gasteiger partial charge in [-0.3, -0.25) is 4.79 Å². The van der Waals surface area contributed by atoms with E-state index in [9.17, 15) is 4.79 Å². The molecule has 1 amide bonds. The van der Waals surface area contributed by atoms with Crippen LogP contribution < -0.4 is 0 Å². The number of carbonyl (C=O) groups excluding carboxylic acids is 1. The molecule has 0 fully saturated rings. The first-order valence-corrected chi connectivity index (χ1v) is 7.26. The highest BCUT2D eigenvalue weighted by Gasteiger charge is 2.22. The van der Waals surface area contributed by atoms with Crippen molar-refractivity contribution >= 4 is 40.4 Å². The Balaban J connectivity index is 1.90. The van der Waals surface area contributed by atoms with E-state index < -0.39 is 0 Å². The van der Waals surface area contributed by atoms with E-state index in [1.165, 1.54) is 11.8 Å². The Morgan fingerprint density at radius 1 is 1.00 bits per heavy atom. The van der Waals surface area contributed by atoms with Crippen LogP contribution in [-0.2, 0) is 4.79 Å². The van der Waals surface area contributed by atoms with E-state index in [1.54, 1.807) is 12.1 Å². The first-order valence-electron chi connectivity index (χ1n) is 6.06. The van der Waals surface area contributed by atoms with Gasteiger partial charge in [-0.05, 0) is 17.7 Å². The van der Waals surface area contributed by atoms with Crippen molar-refractivity contribution in [2.75, 3.05) is 0 Å². The molecule has 2 aromatic rings. The molecule has 1 aliphatic heterocycles. The molecule has 0 aromatic heterocycles. The molecule has 0 aliphatic carbocycles. The van der Waals surface area contributed by atoms with Crippen molar-refractivity contribution in [1.29, 1.82) is 0 Å². The summed E-state index contributed by atoms with van der Waals surface area (Å²) in [6.45, 7) is 0. The molecule has 1 aliphatic rings. The minimum atomic E-state index is -0.214. The van der Waals surface area contributed by atoms with Crippen LogP contribution >= 0.6 is 23.4 Å². The van der Waals surface area contributed by atoms with Gasteiger partial charge in [0.15, 0.2) is 0 Å². The third-order valence-corrected chi connectivity index (χ3v) is 4.21. The summed E-state index contributed by atoms with van der Waals surface area (Å²) in [6, 6.07) is 17.1. The monoisotopic (exact) mass is 299 g/mol. The molecule has 98 valence electrons. The number of amides is 1. The maximum atomic E-state index is 12.0. The first-order chi connectivity index (χ1) is 9.74. The van der Waals surface area contributed by atoms with Crippen LogP contribution in [0.3, 0.4) is 0 Å². The number of aliphatic imine (C=N–C) groups is 1. The smallest absolute Gasteiger partial charge is 0.266 e. The standard InChI is InChI=1S/C16H10ClNOS/c17-13-9-5-4-8-12(13)10-14-15(19)18-16(20-14)11-6-2-1-3-7-11/h1-10H/b14-10-. The summed E-state index contributed by atoms with van der Waals surface area (Å²) in [5.74, 6) is -0.214. The molecule has 20 heavy (non-hydrogen) atoms. The highest BCUT2D eigenvalue weighted by molar-refractivity contribution is 8.19. The van der Waals surface area contributed by atoms with Gasteiger partial charge in [-0.1, -0.05) is 71.9 Å². The number of rotatable bonds is 2.